The van der Waals surface area contributed by atoms with Crippen molar-refractivity contribution in [3.8, 4) is 0 Å². The van der Waals surface area contributed by atoms with Crippen molar-refractivity contribution in [3.63, 3.8) is 0 Å². The van der Waals surface area contributed by atoms with Gasteiger partial charge in [-0.1, -0.05) is 48.0 Å². The first kappa shape index (κ1) is 35.7. The number of nitrogens with zero attached hydrogens (tertiary/aromatic N) is 2. The van der Waals surface area contributed by atoms with Gasteiger partial charge in [-0.2, -0.15) is 0 Å². The number of rotatable bonds is 13. The zero-order valence-corrected chi connectivity index (χ0v) is 28.2. The van der Waals surface area contributed by atoms with Crippen LogP contribution >= 0.6 is 22.9 Å². The largest absolute Gasteiger partial charge is 0.404 e. The zero-order chi connectivity index (χ0) is 34.4. The van der Waals surface area contributed by atoms with Crippen molar-refractivity contribution in [2.75, 3.05) is 32.1 Å². The normalized spacial score (nSPS) is 11.6. The number of thiophene rings is 1. The molecule has 0 atom stereocenters. The summed E-state index contributed by atoms with van der Waals surface area (Å²) in [6.45, 7) is -0.919. The van der Waals surface area contributed by atoms with Crippen LogP contribution in [0.5, 0.6) is 0 Å². The molecule has 0 saturated heterocycles. The Labute approximate surface area is 280 Å². The highest BCUT2D eigenvalue weighted by atomic mass is 35.5. The molecule has 248 valence electrons. The highest BCUT2D eigenvalue weighted by Gasteiger charge is 2.27. The van der Waals surface area contributed by atoms with E-state index in [-0.39, 0.29) is 41.6 Å². The first-order valence-electron chi connectivity index (χ1n) is 13.7. The van der Waals surface area contributed by atoms with E-state index < -0.39 is 37.9 Å². The van der Waals surface area contributed by atoms with Crippen LogP contribution < -0.4 is 14.3 Å². The van der Waals surface area contributed by atoms with Crippen LogP contribution in [0.25, 0.3) is 10.8 Å². The molecule has 0 unspecified atom stereocenters. The minimum atomic E-state index is -4.10. The van der Waals surface area contributed by atoms with Crippen LogP contribution in [0, 0.1) is 0 Å². The number of aldehydes is 1. The maximum absolute atomic E-state index is 13.1. The average molecular weight is 721 g/mol. The monoisotopic (exact) mass is 720 g/mol. The molecule has 0 aliphatic carbocycles. The van der Waals surface area contributed by atoms with Crippen LogP contribution in [0.4, 0.5) is 5.69 Å². The number of halogens is 1. The van der Waals surface area contributed by atoms with Crippen molar-refractivity contribution in [2.24, 2.45) is 0 Å². The SMILES string of the molecule is CN(C)c1cccc2c(S(=O)(=O)NCCNS(=O)(=O)c3ccc(CN(Cc4cccc(Cl)c4)C(=O)C(=O)OC(=O)C=O)s3)cccc12. The van der Waals surface area contributed by atoms with E-state index in [0.717, 1.165) is 27.3 Å². The number of benzene rings is 3. The number of hydrogen-bond acceptors (Lipinski definition) is 11. The number of ether oxygens (including phenoxy) is 1. The number of carbonyl (C=O) groups excluding carboxylic acids is 4. The summed E-state index contributed by atoms with van der Waals surface area (Å²) in [5, 5.41) is 1.63. The van der Waals surface area contributed by atoms with Crippen LogP contribution in [-0.2, 0) is 57.1 Å². The Morgan fingerprint density at radius 1 is 0.851 bits per heavy atom. The highest BCUT2D eigenvalue weighted by molar-refractivity contribution is 7.91. The van der Waals surface area contributed by atoms with Gasteiger partial charge in [0.1, 0.15) is 4.21 Å². The number of fused-ring (bicyclic) bond motifs is 1. The summed E-state index contributed by atoms with van der Waals surface area (Å²) in [4.78, 5) is 50.1. The molecule has 4 aromatic rings. The van der Waals surface area contributed by atoms with Crippen LogP contribution in [0.2, 0.25) is 5.02 Å². The smallest absolute Gasteiger partial charge is 0.380 e. The number of nitrogens with one attached hydrogen (secondary N) is 2. The van der Waals surface area contributed by atoms with Gasteiger partial charge >= 0.3 is 17.8 Å². The standard InChI is InChI=1S/C30H29ClN4O9S3/c1-34(2)25-10-4-9-24-23(25)8-5-11-26(24)46(40,41)32-14-15-33-47(42,43)28-13-12-22(45-28)18-35(17-20-6-3-7-21(31)16-20)29(38)30(39)44-27(37)19-36/h3-13,16,19,32-33H,14-15,17-18H2,1-2H3. The molecule has 13 nitrogen and oxygen atoms in total. The van der Waals surface area contributed by atoms with Gasteiger partial charge in [0.15, 0.2) is 0 Å². The predicted molar refractivity (Wildman–Crippen MR) is 176 cm³/mol. The van der Waals surface area contributed by atoms with Gasteiger partial charge in [0.05, 0.1) is 11.4 Å². The summed E-state index contributed by atoms with van der Waals surface area (Å²) in [6, 6.07) is 19.4. The third-order valence-electron chi connectivity index (χ3n) is 6.60. The summed E-state index contributed by atoms with van der Waals surface area (Å²) in [5.41, 5.74) is 1.36. The summed E-state index contributed by atoms with van der Waals surface area (Å²) in [7, 11) is -4.39. The van der Waals surface area contributed by atoms with E-state index in [4.69, 9.17) is 11.6 Å². The lowest BCUT2D eigenvalue weighted by molar-refractivity contribution is -0.169. The van der Waals surface area contributed by atoms with E-state index in [1.807, 2.05) is 31.1 Å². The lowest BCUT2D eigenvalue weighted by atomic mass is 10.1. The van der Waals surface area contributed by atoms with Gasteiger partial charge in [0.2, 0.25) is 26.3 Å². The van der Waals surface area contributed by atoms with E-state index in [0.29, 0.717) is 20.8 Å². The molecule has 17 heteroatoms. The molecule has 0 aliphatic rings. The Morgan fingerprint density at radius 3 is 2.19 bits per heavy atom. The molecule has 4 rings (SSSR count). The Balaban J connectivity index is 1.43. The Hall–Kier alpha value is -4.19. The molecule has 0 aliphatic heterocycles. The fourth-order valence-electron chi connectivity index (χ4n) is 4.53. The molecule has 3 aromatic carbocycles. The van der Waals surface area contributed by atoms with Crippen LogP contribution in [0.1, 0.15) is 10.4 Å². The molecule has 47 heavy (non-hydrogen) atoms. The molecular formula is C30H29ClN4O9S3. The van der Waals surface area contributed by atoms with E-state index in [2.05, 4.69) is 14.2 Å². The second-order valence-electron chi connectivity index (χ2n) is 10.2. The Morgan fingerprint density at radius 2 is 1.51 bits per heavy atom. The van der Waals surface area contributed by atoms with E-state index in [9.17, 15) is 36.0 Å². The number of hydrogen-bond donors (Lipinski definition) is 2. The van der Waals surface area contributed by atoms with Gasteiger partial charge in [-0.15, -0.1) is 11.3 Å². The second-order valence-corrected chi connectivity index (χ2v) is 15.5. The number of anilines is 1. The molecule has 1 aromatic heterocycles. The van der Waals surface area contributed by atoms with Crippen molar-refractivity contribution < 1.29 is 40.8 Å². The highest BCUT2D eigenvalue weighted by Crippen LogP contribution is 2.30. The quantitative estimate of drug-likeness (QED) is 0.0687. The van der Waals surface area contributed by atoms with Crippen molar-refractivity contribution in [3.05, 3.63) is 88.3 Å². The maximum Gasteiger partial charge on any atom is 0.404 e. The lowest BCUT2D eigenvalue weighted by Gasteiger charge is -2.21. The van der Waals surface area contributed by atoms with Gasteiger partial charge in [0.25, 0.3) is 0 Å². The van der Waals surface area contributed by atoms with E-state index in [1.54, 1.807) is 42.5 Å². The summed E-state index contributed by atoms with van der Waals surface area (Å²) >= 11 is 6.84. The molecule has 0 spiro atoms. The zero-order valence-electron chi connectivity index (χ0n) is 25.0. The fourth-order valence-corrected chi connectivity index (χ4v) is 8.44. The van der Waals surface area contributed by atoms with E-state index >= 15 is 0 Å². The third kappa shape index (κ3) is 9.00. The van der Waals surface area contributed by atoms with Crippen molar-refractivity contribution in [1.82, 2.24) is 14.3 Å². The molecule has 2 N–H and O–H groups in total. The van der Waals surface area contributed by atoms with Gasteiger partial charge in [-0.25, -0.2) is 35.9 Å². The fraction of sp³-hybridized carbons (Fsp3) is 0.200. The summed E-state index contributed by atoms with van der Waals surface area (Å²) in [5.74, 6) is -4.37. The van der Waals surface area contributed by atoms with Gasteiger partial charge < -0.3 is 14.5 Å². The molecule has 1 heterocycles. The van der Waals surface area contributed by atoms with Crippen LogP contribution in [0.3, 0.4) is 0 Å². The maximum atomic E-state index is 13.1. The topological polar surface area (TPSA) is 176 Å². The van der Waals surface area contributed by atoms with Crippen molar-refractivity contribution in [1.29, 1.82) is 0 Å². The minimum absolute atomic E-state index is 0.0562. The number of amides is 1. The molecule has 0 fully saturated rings. The molecule has 1 amide bonds. The van der Waals surface area contributed by atoms with Crippen LogP contribution in [0.15, 0.2) is 81.9 Å². The Bertz CT molecular complexity index is 2050. The first-order valence-corrected chi connectivity index (χ1v) is 17.9. The first-order chi connectivity index (χ1) is 22.2. The van der Waals surface area contributed by atoms with Crippen LogP contribution in [-0.4, -0.2) is 73.1 Å². The van der Waals surface area contributed by atoms with Gasteiger partial charge in [-0.3, -0.25) is 9.59 Å². The lowest BCUT2D eigenvalue weighted by Crippen LogP contribution is -2.37. The third-order valence-corrected chi connectivity index (χ3v) is 11.4. The van der Waals surface area contributed by atoms with Gasteiger partial charge in [-0.05, 0) is 42.0 Å². The Kier molecular flexibility index (Phi) is 11.5. The molecule has 0 radical (unpaired) electrons. The number of sulfonamides is 2. The summed E-state index contributed by atoms with van der Waals surface area (Å²) in [6.07, 6.45) is -0.259. The molecule has 0 saturated carbocycles. The second kappa shape index (κ2) is 15.1. The number of carbonyl (C=O) groups is 4. The average Bonchev–Trinajstić information content (AvgIpc) is 3.51. The summed E-state index contributed by atoms with van der Waals surface area (Å²) < 4.78 is 61.2. The molecule has 0 bridgehead atoms. The predicted octanol–water partition coefficient (Wildman–Crippen LogP) is 2.68. The van der Waals surface area contributed by atoms with Crippen molar-refractivity contribution in [2.45, 2.75) is 22.2 Å². The molecular weight excluding hydrogens is 692 g/mol. The van der Waals surface area contributed by atoms with Gasteiger partial charge in [0, 0.05) is 60.1 Å². The van der Waals surface area contributed by atoms with E-state index in [1.165, 1.54) is 18.2 Å². The number of esters is 2. The minimum Gasteiger partial charge on any atom is -0.380 e. The van der Waals surface area contributed by atoms with Crippen molar-refractivity contribution >= 4 is 83.6 Å².